The first-order chi connectivity index (χ1) is 11.2. The third-order valence-corrected chi connectivity index (χ3v) is 5.01. The first kappa shape index (κ1) is 15.7. The van der Waals surface area contributed by atoms with Crippen LogP contribution in [0.25, 0.3) is 0 Å². The van der Waals surface area contributed by atoms with Gasteiger partial charge in [-0.3, -0.25) is 9.78 Å². The van der Waals surface area contributed by atoms with Crippen LogP contribution in [0.15, 0.2) is 24.5 Å². The van der Waals surface area contributed by atoms with Crippen LogP contribution < -0.4 is 5.32 Å². The van der Waals surface area contributed by atoms with E-state index in [1.54, 1.807) is 25.3 Å². The SMILES string of the molecule is CCOC(=O)c1c(NC(=O)c2cccnc2)sc2c1CCCC2. The van der Waals surface area contributed by atoms with Crippen LogP contribution in [0.1, 0.15) is 50.9 Å². The highest BCUT2D eigenvalue weighted by atomic mass is 32.1. The number of hydrogen-bond donors (Lipinski definition) is 1. The van der Waals surface area contributed by atoms with Crippen LogP contribution in [0.5, 0.6) is 0 Å². The van der Waals surface area contributed by atoms with Crippen LogP contribution in [0, 0.1) is 0 Å². The van der Waals surface area contributed by atoms with Crippen molar-refractivity contribution in [2.24, 2.45) is 0 Å². The number of nitrogens with zero attached hydrogens (tertiary/aromatic N) is 1. The lowest BCUT2D eigenvalue weighted by molar-refractivity contribution is 0.0526. The highest BCUT2D eigenvalue weighted by molar-refractivity contribution is 7.17. The Bertz CT molecular complexity index is 725. The number of carbonyl (C=O) groups excluding carboxylic acids is 2. The van der Waals surface area contributed by atoms with Gasteiger partial charge in [0.2, 0.25) is 0 Å². The van der Waals surface area contributed by atoms with Crippen molar-refractivity contribution in [1.29, 1.82) is 0 Å². The van der Waals surface area contributed by atoms with Gasteiger partial charge in [-0.1, -0.05) is 0 Å². The number of rotatable bonds is 4. The Balaban J connectivity index is 1.93. The first-order valence-corrected chi connectivity index (χ1v) is 8.55. The third kappa shape index (κ3) is 3.27. The fourth-order valence-corrected chi connectivity index (χ4v) is 4.02. The lowest BCUT2D eigenvalue weighted by atomic mass is 9.95. The molecular weight excluding hydrogens is 312 g/mol. The molecule has 0 aromatic carbocycles. The van der Waals surface area contributed by atoms with Gasteiger partial charge in [-0.15, -0.1) is 11.3 Å². The predicted octanol–water partition coefficient (Wildman–Crippen LogP) is 3.45. The number of thiophene rings is 1. The summed E-state index contributed by atoms with van der Waals surface area (Å²) in [6.07, 6.45) is 7.12. The molecule has 0 bridgehead atoms. The van der Waals surface area contributed by atoms with E-state index in [2.05, 4.69) is 10.3 Å². The van der Waals surface area contributed by atoms with Gasteiger partial charge in [-0.2, -0.15) is 0 Å². The Morgan fingerprint density at radius 1 is 1.35 bits per heavy atom. The van der Waals surface area contributed by atoms with Crippen LogP contribution in [0.3, 0.4) is 0 Å². The van der Waals surface area contributed by atoms with E-state index >= 15 is 0 Å². The lowest BCUT2D eigenvalue weighted by Gasteiger charge is -2.12. The van der Waals surface area contributed by atoms with Crippen molar-refractivity contribution in [3.63, 3.8) is 0 Å². The highest BCUT2D eigenvalue weighted by Crippen LogP contribution is 2.38. The summed E-state index contributed by atoms with van der Waals surface area (Å²) in [6, 6.07) is 3.40. The molecule has 0 fully saturated rings. The summed E-state index contributed by atoms with van der Waals surface area (Å²) in [5.74, 6) is -0.615. The molecule has 0 saturated heterocycles. The third-order valence-electron chi connectivity index (χ3n) is 3.80. The standard InChI is InChI=1S/C17H18N2O3S/c1-2-22-17(21)14-12-7-3-4-8-13(12)23-16(14)19-15(20)11-6-5-9-18-10-11/h5-6,9-10H,2-4,7-8H2,1H3,(H,19,20). The molecule has 1 aliphatic rings. The summed E-state index contributed by atoms with van der Waals surface area (Å²) in [5, 5.41) is 3.45. The molecule has 0 saturated carbocycles. The van der Waals surface area contributed by atoms with Gasteiger partial charge in [0.15, 0.2) is 0 Å². The molecule has 2 aromatic heterocycles. The number of fused-ring (bicyclic) bond motifs is 1. The van der Waals surface area contributed by atoms with Crippen LogP contribution in [0.2, 0.25) is 0 Å². The van der Waals surface area contributed by atoms with Crippen LogP contribution in [-0.2, 0) is 17.6 Å². The first-order valence-electron chi connectivity index (χ1n) is 7.73. The maximum atomic E-state index is 12.4. The van der Waals surface area contributed by atoms with Gasteiger partial charge in [-0.05, 0) is 50.3 Å². The molecule has 6 heteroatoms. The average Bonchev–Trinajstić information content (AvgIpc) is 2.93. The summed E-state index contributed by atoms with van der Waals surface area (Å²) in [4.78, 5) is 29.8. The maximum absolute atomic E-state index is 12.4. The number of carbonyl (C=O) groups is 2. The molecule has 2 aromatic rings. The fourth-order valence-electron chi connectivity index (χ4n) is 2.75. The fraction of sp³-hybridized carbons (Fsp3) is 0.353. The average molecular weight is 330 g/mol. The molecule has 120 valence electrons. The molecule has 3 rings (SSSR count). The molecule has 0 aliphatic heterocycles. The second-order valence-corrected chi connectivity index (χ2v) is 6.44. The minimum atomic E-state index is -0.353. The summed E-state index contributed by atoms with van der Waals surface area (Å²) in [7, 11) is 0. The number of aromatic nitrogens is 1. The molecule has 5 nitrogen and oxygen atoms in total. The van der Waals surface area contributed by atoms with Gasteiger partial charge < -0.3 is 10.1 Å². The van der Waals surface area contributed by atoms with Crippen LogP contribution >= 0.6 is 11.3 Å². The number of anilines is 1. The van der Waals surface area contributed by atoms with Crippen molar-refractivity contribution in [3.05, 3.63) is 46.1 Å². The second-order valence-electron chi connectivity index (χ2n) is 5.33. The van der Waals surface area contributed by atoms with Crippen LogP contribution in [-0.4, -0.2) is 23.5 Å². The minimum absolute atomic E-state index is 0.262. The van der Waals surface area contributed by atoms with Gasteiger partial charge in [-0.25, -0.2) is 4.79 Å². The highest BCUT2D eigenvalue weighted by Gasteiger charge is 2.27. The molecule has 0 unspecified atom stereocenters. The molecular formula is C17H18N2O3S. The summed E-state index contributed by atoms with van der Waals surface area (Å²) >= 11 is 1.49. The van der Waals surface area contributed by atoms with Gasteiger partial charge in [0.05, 0.1) is 17.7 Å². The Kier molecular flexibility index (Phi) is 4.71. The number of amides is 1. The van der Waals surface area contributed by atoms with Crippen molar-refractivity contribution < 1.29 is 14.3 Å². The number of pyridine rings is 1. The van der Waals surface area contributed by atoms with E-state index in [1.807, 2.05) is 0 Å². The van der Waals surface area contributed by atoms with Crippen molar-refractivity contribution in [2.75, 3.05) is 11.9 Å². The Morgan fingerprint density at radius 3 is 2.91 bits per heavy atom. The van der Waals surface area contributed by atoms with E-state index in [0.29, 0.717) is 22.7 Å². The molecule has 0 spiro atoms. The zero-order valence-corrected chi connectivity index (χ0v) is 13.7. The maximum Gasteiger partial charge on any atom is 0.341 e. The molecule has 0 atom stereocenters. The van der Waals surface area contributed by atoms with E-state index in [9.17, 15) is 9.59 Å². The lowest BCUT2D eigenvalue weighted by Crippen LogP contribution is -2.15. The molecule has 1 amide bonds. The van der Waals surface area contributed by atoms with Crippen molar-refractivity contribution in [3.8, 4) is 0 Å². The van der Waals surface area contributed by atoms with Gasteiger partial charge >= 0.3 is 5.97 Å². The number of nitrogens with one attached hydrogen (secondary N) is 1. The number of esters is 1. The summed E-state index contributed by atoms with van der Waals surface area (Å²) in [5.41, 5.74) is 2.04. The molecule has 1 aliphatic carbocycles. The summed E-state index contributed by atoms with van der Waals surface area (Å²) < 4.78 is 5.18. The predicted molar refractivity (Wildman–Crippen MR) is 89.1 cm³/mol. The smallest absolute Gasteiger partial charge is 0.341 e. The van der Waals surface area contributed by atoms with E-state index in [-0.39, 0.29) is 11.9 Å². The number of ether oxygens (including phenoxy) is 1. The molecule has 2 heterocycles. The largest absolute Gasteiger partial charge is 0.462 e. The van der Waals surface area contributed by atoms with Crippen LogP contribution in [0.4, 0.5) is 5.00 Å². The summed E-state index contributed by atoms with van der Waals surface area (Å²) in [6.45, 7) is 2.10. The van der Waals surface area contributed by atoms with Gasteiger partial charge in [0.1, 0.15) is 5.00 Å². The second kappa shape index (κ2) is 6.91. The van der Waals surface area contributed by atoms with E-state index in [1.165, 1.54) is 22.4 Å². The number of hydrogen-bond acceptors (Lipinski definition) is 5. The monoisotopic (exact) mass is 330 g/mol. The van der Waals surface area contributed by atoms with E-state index in [0.717, 1.165) is 31.2 Å². The normalized spacial score (nSPS) is 13.3. The Labute approximate surface area is 138 Å². The molecule has 1 N–H and O–H groups in total. The topological polar surface area (TPSA) is 68.3 Å². The zero-order valence-electron chi connectivity index (χ0n) is 12.9. The van der Waals surface area contributed by atoms with Crippen molar-refractivity contribution in [1.82, 2.24) is 4.98 Å². The zero-order chi connectivity index (χ0) is 16.2. The minimum Gasteiger partial charge on any atom is -0.462 e. The van der Waals surface area contributed by atoms with Gasteiger partial charge in [0.25, 0.3) is 5.91 Å². The van der Waals surface area contributed by atoms with Gasteiger partial charge in [0, 0.05) is 17.3 Å². The molecule has 23 heavy (non-hydrogen) atoms. The number of aryl methyl sites for hydroxylation is 1. The Hall–Kier alpha value is -2.21. The van der Waals surface area contributed by atoms with Crippen molar-refractivity contribution >= 4 is 28.2 Å². The van der Waals surface area contributed by atoms with E-state index in [4.69, 9.17) is 4.74 Å². The quantitative estimate of drug-likeness (QED) is 0.872. The van der Waals surface area contributed by atoms with Crippen molar-refractivity contribution in [2.45, 2.75) is 32.6 Å². The Morgan fingerprint density at radius 2 is 2.17 bits per heavy atom. The van der Waals surface area contributed by atoms with E-state index < -0.39 is 0 Å². The molecule has 0 radical (unpaired) electrons.